The lowest BCUT2D eigenvalue weighted by atomic mass is 10.1. The molecular formula is C16H26O4. The van der Waals surface area contributed by atoms with Gasteiger partial charge in [0.15, 0.2) is 11.6 Å². The molecular weight excluding hydrogens is 256 g/mol. The number of hydrogen-bond acceptors (Lipinski definition) is 4. The van der Waals surface area contributed by atoms with Crippen LogP contribution < -0.4 is 0 Å². The van der Waals surface area contributed by atoms with Gasteiger partial charge in [0.1, 0.15) is 0 Å². The van der Waals surface area contributed by atoms with Crippen LogP contribution in [0.5, 0.6) is 0 Å². The summed E-state index contributed by atoms with van der Waals surface area (Å²) < 4.78 is 21.8. The predicted octanol–water partition coefficient (Wildman–Crippen LogP) is 3.48. The molecule has 4 heteroatoms. The van der Waals surface area contributed by atoms with Crippen molar-refractivity contribution in [2.45, 2.75) is 52.5 Å². The van der Waals surface area contributed by atoms with E-state index in [4.69, 9.17) is 18.9 Å². The van der Waals surface area contributed by atoms with E-state index in [2.05, 4.69) is 0 Å². The van der Waals surface area contributed by atoms with Crippen molar-refractivity contribution in [3.8, 4) is 0 Å². The standard InChI is InChI=1S/C16H26O4/c1-15(2,17-5)19-11-13-7-9-14(10-8-13)12-20-16(3,4)18-6/h7-10H,11-12H2,1-6H3. The molecule has 0 amide bonds. The van der Waals surface area contributed by atoms with Crippen LogP contribution in [0.2, 0.25) is 0 Å². The van der Waals surface area contributed by atoms with Gasteiger partial charge in [-0.2, -0.15) is 0 Å². The third-order valence-electron chi connectivity index (χ3n) is 3.18. The Morgan fingerprint density at radius 2 is 1.00 bits per heavy atom. The van der Waals surface area contributed by atoms with Crippen molar-refractivity contribution in [2.24, 2.45) is 0 Å². The Morgan fingerprint density at radius 3 is 1.25 bits per heavy atom. The SMILES string of the molecule is COC(C)(C)OCc1ccc(COC(C)(C)OC)cc1. The van der Waals surface area contributed by atoms with Gasteiger partial charge in [-0.3, -0.25) is 0 Å². The molecule has 20 heavy (non-hydrogen) atoms. The highest BCUT2D eigenvalue weighted by Crippen LogP contribution is 2.16. The monoisotopic (exact) mass is 282 g/mol. The van der Waals surface area contributed by atoms with Gasteiger partial charge in [-0.25, -0.2) is 0 Å². The van der Waals surface area contributed by atoms with E-state index in [-0.39, 0.29) is 0 Å². The molecule has 0 aliphatic heterocycles. The molecule has 0 radical (unpaired) electrons. The summed E-state index contributed by atoms with van der Waals surface area (Å²) in [5, 5.41) is 0. The van der Waals surface area contributed by atoms with Crippen molar-refractivity contribution >= 4 is 0 Å². The Balaban J connectivity index is 2.48. The molecule has 0 aliphatic rings. The van der Waals surface area contributed by atoms with E-state index in [1.54, 1.807) is 14.2 Å². The van der Waals surface area contributed by atoms with Crippen molar-refractivity contribution < 1.29 is 18.9 Å². The number of ether oxygens (including phenoxy) is 4. The zero-order chi connectivity index (χ0) is 15.2. The average Bonchev–Trinajstić information content (AvgIpc) is 2.44. The first-order chi connectivity index (χ1) is 9.28. The Labute approximate surface area is 122 Å². The Kier molecular flexibility index (Phi) is 6.14. The maximum absolute atomic E-state index is 5.66. The highest BCUT2D eigenvalue weighted by atomic mass is 16.7. The fourth-order valence-electron chi connectivity index (χ4n) is 1.36. The molecule has 0 saturated heterocycles. The molecule has 0 fully saturated rings. The van der Waals surface area contributed by atoms with Gasteiger partial charge in [-0.1, -0.05) is 24.3 Å². The van der Waals surface area contributed by atoms with Crippen LogP contribution in [0.3, 0.4) is 0 Å². The summed E-state index contributed by atoms with van der Waals surface area (Å²) in [7, 11) is 3.27. The molecule has 0 bridgehead atoms. The van der Waals surface area contributed by atoms with E-state index in [0.717, 1.165) is 11.1 Å². The van der Waals surface area contributed by atoms with Gasteiger partial charge < -0.3 is 18.9 Å². The minimum atomic E-state index is -0.565. The van der Waals surface area contributed by atoms with Crippen LogP contribution in [0.25, 0.3) is 0 Å². The Morgan fingerprint density at radius 1 is 0.700 bits per heavy atom. The van der Waals surface area contributed by atoms with Gasteiger partial charge in [-0.05, 0) is 38.8 Å². The predicted molar refractivity (Wildman–Crippen MR) is 78.2 cm³/mol. The molecule has 0 spiro atoms. The zero-order valence-electron chi connectivity index (χ0n) is 13.4. The smallest absolute Gasteiger partial charge is 0.162 e. The normalized spacial score (nSPS) is 12.7. The number of methoxy groups -OCH3 is 2. The van der Waals surface area contributed by atoms with E-state index in [1.807, 2.05) is 52.0 Å². The maximum Gasteiger partial charge on any atom is 0.162 e. The topological polar surface area (TPSA) is 36.9 Å². The summed E-state index contributed by atoms with van der Waals surface area (Å²) in [6, 6.07) is 8.13. The van der Waals surface area contributed by atoms with E-state index in [9.17, 15) is 0 Å². The number of benzene rings is 1. The summed E-state index contributed by atoms with van der Waals surface area (Å²) in [5.41, 5.74) is 2.20. The first kappa shape index (κ1) is 17.1. The first-order valence-corrected chi connectivity index (χ1v) is 6.74. The fraction of sp³-hybridized carbons (Fsp3) is 0.625. The summed E-state index contributed by atoms with van der Waals surface area (Å²) >= 11 is 0. The summed E-state index contributed by atoms with van der Waals surface area (Å²) in [6.45, 7) is 8.60. The van der Waals surface area contributed by atoms with Gasteiger partial charge >= 0.3 is 0 Å². The van der Waals surface area contributed by atoms with Crippen LogP contribution >= 0.6 is 0 Å². The summed E-state index contributed by atoms with van der Waals surface area (Å²) in [6.07, 6.45) is 0. The maximum atomic E-state index is 5.66. The van der Waals surface area contributed by atoms with E-state index in [1.165, 1.54) is 0 Å². The molecule has 4 nitrogen and oxygen atoms in total. The second-order valence-corrected chi connectivity index (χ2v) is 5.60. The number of rotatable bonds is 8. The fourth-order valence-corrected chi connectivity index (χ4v) is 1.36. The van der Waals surface area contributed by atoms with Crippen LogP contribution in [0.4, 0.5) is 0 Å². The van der Waals surface area contributed by atoms with Crippen molar-refractivity contribution in [1.29, 1.82) is 0 Å². The molecule has 0 saturated carbocycles. The lowest BCUT2D eigenvalue weighted by molar-refractivity contribution is -0.205. The zero-order valence-corrected chi connectivity index (χ0v) is 13.4. The quantitative estimate of drug-likeness (QED) is 0.684. The molecule has 1 aromatic rings. The first-order valence-electron chi connectivity index (χ1n) is 6.74. The second kappa shape index (κ2) is 7.18. The van der Waals surface area contributed by atoms with Crippen molar-refractivity contribution in [2.75, 3.05) is 14.2 Å². The molecule has 1 aromatic carbocycles. The summed E-state index contributed by atoms with van der Waals surface area (Å²) in [5.74, 6) is -1.13. The van der Waals surface area contributed by atoms with Gasteiger partial charge in [0.2, 0.25) is 0 Å². The molecule has 0 aromatic heterocycles. The third-order valence-corrected chi connectivity index (χ3v) is 3.18. The molecule has 0 aliphatic carbocycles. The molecule has 0 N–H and O–H groups in total. The Hall–Kier alpha value is -0.940. The Bertz CT molecular complexity index is 356. The second-order valence-electron chi connectivity index (χ2n) is 5.60. The van der Waals surface area contributed by atoms with Gasteiger partial charge in [-0.15, -0.1) is 0 Å². The summed E-state index contributed by atoms with van der Waals surface area (Å²) in [4.78, 5) is 0. The van der Waals surface area contributed by atoms with E-state index in [0.29, 0.717) is 13.2 Å². The third kappa shape index (κ3) is 6.01. The highest BCUT2D eigenvalue weighted by molar-refractivity contribution is 5.21. The molecule has 114 valence electrons. The van der Waals surface area contributed by atoms with Crippen LogP contribution in [-0.2, 0) is 32.2 Å². The van der Waals surface area contributed by atoms with Crippen molar-refractivity contribution in [1.82, 2.24) is 0 Å². The van der Waals surface area contributed by atoms with Crippen molar-refractivity contribution in [3.63, 3.8) is 0 Å². The average molecular weight is 282 g/mol. The van der Waals surface area contributed by atoms with Crippen LogP contribution in [0, 0.1) is 0 Å². The minimum absolute atomic E-state index is 0.519. The molecule has 0 atom stereocenters. The van der Waals surface area contributed by atoms with Gasteiger partial charge in [0.25, 0.3) is 0 Å². The van der Waals surface area contributed by atoms with Crippen LogP contribution in [-0.4, -0.2) is 25.8 Å². The number of hydrogen-bond donors (Lipinski definition) is 0. The molecule has 1 rings (SSSR count). The lowest BCUT2D eigenvalue weighted by Crippen LogP contribution is -2.26. The minimum Gasteiger partial charge on any atom is -0.354 e. The van der Waals surface area contributed by atoms with E-state index >= 15 is 0 Å². The van der Waals surface area contributed by atoms with E-state index < -0.39 is 11.6 Å². The van der Waals surface area contributed by atoms with Gasteiger partial charge in [0.05, 0.1) is 13.2 Å². The largest absolute Gasteiger partial charge is 0.354 e. The van der Waals surface area contributed by atoms with Crippen LogP contribution in [0.1, 0.15) is 38.8 Å². The molecule has 0 unspecified atom stereocenters. The van der Waals surface area contributed by atoms with Crippen molar-refractivity contribution in [3.05, 3.63) is 35.4 Å². The van der Waals surface area contributed by atoms with Gasteiger partial charge in [0, 0.05) is 14.2 Å². The lowest BCUT2D eigenvalue weighted by Gasteiger charge is -2.24. The molecule has 0 heterocycles. The van der Waals surface area contributed by atoms with Crippen LogP contribution in [0.15, 0.2) is 24.3 Å². The highest BCUT2D eigenvalue weighted by Gasteiger charge is 2.17.